The lowest BCUT2D eigenvalue weighted by atomic mass is 9.91. The molecule has 4 nitrogen and oxygen atoms in total. The van der Waals surface area contributed by atoms with E-state index in [2.05, 4.69) is 31.0 Å². The fraction of sp³-hybridized carbons (Fsp3) is 0.941. The summed E-state index contributed by atoms with van der Waals surface area (Å²) in [6.07, 6.45) is 6.07. The topological polar surface area (TPSA) is 41.6 Å². The second-order valence-electron chi connectivity index (χ2n) is 6.95. The van der Waals surface area contributed by atoms with Gasteiger partial charge < -0.3 is 9.64 Å². The van der Waals surface area contributed by atoms with E-state index in [1.54, 1.807) is 0 Å². The average molecular weight is 298 g/mol. The summed E-state index contributed by atoms with van der Waals surface area (Å²) in [6, 6.07) is 0.268. The van der Waals surface area contributed by atoms with E-state index in [4.69, 9.17) is 4.74 Å². The van der Waals surface area contributed by atoms with E-state index in [1.165, 1.54) is 45.9 Å². The highest BCUT2D eigenvalue weighted by Crippen LogP contribution is 2.23. The van der Waals surface area contributed by atoms with E-state index in [0.29, 0.717) is 0 Å². The molecule has 1 heterocycles. The number of rotatable bonds is 8. The smallest absolute Gasteiger partial charge is 0.325 e. The Labute approximate surface area is 130 Å². The molecule has 1 rings (SSSR count). The van der Waals surface area contributed by atoms with Crippen molar-refractivity contribution in [2.45, 2.75) is 71.4 Å². The van der Waals surface area contributed by atoms with Crippen LogP contribution in [0.1, 0.15) is 59.8 Å². The second-order valence-corrected chi connectivity index (χ2v) is 6.95. The van der Waals surface area contributed by atoms with E-state index in [-0.39, 0.29) is 12.0 Å². The lowest BCUT2D eigenvalue weighted by Gasteiger charge is -2.36. The van der Waals surface area contributed by atoms with E-state index in [0.717, 1.165) is 18.9 Å². The highest BCUT2D eigenvalue weighted by atomic mass is 16.5. The average Bonchev–Trinajstić information content (AvgIpc) is 2.45. The van der Waals surface area contributed by atoms with Crippen molar-refractivity contribution in [3.63, 3.8) is 0 Å². The molecule has 21 heavy (non-hydrogen) atoms. The molecule has 1 atom stereocenters. The van der Waals surface area contributed by atoms with Crippen molar-refractivity contribution in [3.05, 3.63) is 0 Å². The molecular formula is C17H34N2O2. The Hall–Kier alpha value is -0.610. The van der Waals surface area contributed by atoms with Gasteiger partial charge in [0, 0.05) is 12.6 Å². The fourth-order valence-corrected chi connectivity index (χ4v) is 3.38. The first-order valence-corrected chi connectivity index (χ1v) is 8.49. The maximum absolute atomic E-state index is 12.1. The number of nitrogens with zero attached hydrogens (tertiary/aromatic N) is 1. The van der Waals surface area contributed by atoms with Gasteiger partial charge >= 0.3 is 5.97 Å². The quantitative estimate of drug-likeness (QED) is 0.700. The van der Waals surface area contributed by atoms with Crippen LogP contribution in [0.5, 0.6) is 0 Å². The summed E-state index contributed by atoms with van der Waals surface area (Å²) in [5.74, 6) is 0.754. The lowest BCUT2D eigenvalue weighted by Crippen LogP contribution is -2.54. The maximum Gasteiger partial charge on any atom is 0.325 e. The summed E-state index contributed by atoms with van der Waals surface area (Å²) >= 11 is 0. The first-order valence-electron chi connectivity index (χ1n) is 8.49. The Morgan fingerprint density at radius 3 is 2.48 bits per heavy atom. The van der Waals surface area contributed by atoms with Gasteiger partial charge in [0.2, 0.25) is 0 Å². The molecule has 0 aliphatic carbocycles. The van der Waals surface area contributed by atoms with E-state index < -0.39 is 5.54 Å². The van der Waals surface area contributed by atoms with Crippen molar-refractivity contribution >= 4 is 5.97 Å². The van der Waals surface area contributed by atoms with Crippen molar-refractivity contribution in [1.82, 2.24) is 10.2 Å². The molecule has 0 aromatic rings. The van der Waals surface area contributed by atoms with Crippen molar-refractivity contribution in [2.75, 3.05) is 26.7 Å². The molecule has 1 fully saturated rings. The Morgan fingerprint density at radius 2 is 2.00 bits per heavy atom. The number of hydrogen-bond acceptors (Lipinski definition) is 4. The van der Waals surface area contributed by atoms with Gasteiger partial charge in [0.15, 0.2) is 0 Å². The molecule has 124 valence electrons. The summed E-state index contributed by atoms with van der Waals surface area (Å²) in [6.45, 7) is 11.7. The summed E-state index contributed by atoms with van der Waals surface area (Å²) in [5.41, 5.74) is -0.580. The zero-order valence-electron chi connectivity index (χ0n) is 14.6. The first kappa shape index (κ1) is 18.4. The monoisotopic (exact) mass is 298 g/mol. The van der Waals surface area contributed by atoms with Crippen molar-refractivity contribution in [2.24, 2.45) is 5.92 Å². The second kappa shape index (κ2) is 8.74. The number of carbonyl (C=O) groups excluding carboxylic acids is 1. The molecule has 0 aromatic carbocycles. The number of hydrogen-bond donors (Lipinski definition) is 1. The molecule has 0 bridgehead atoms. The predicted octanol–water partition coefficient (Wildman–Crippen LogP) is 2.82. The molecule has 1 aliphatic heterocycles. The Kier molecular flexibility index (Phi) is 7.67. The van der Waals surface area contributed by atoms with Crippen molar-refractivity contribution < 1.29 is 9.53 Å². The minimum absolute atomic E-state index is 0.155. The van der Waals surface area contributed by atoms with Crippen LogP contribution in [-0.2, 0) is 9.53 Å². The van der Waals surface area contributed by atoms with Gasteiger partial charge in [-0.05, 0) is 59.0 Å². The summed E-state index contributed by atoms with van der Waals surface area (Å²) < 4.78 is 4.99. The van der Waals surface area contributed by atoms with Crippen LogP contribution in [0, 0.1) is 5.92 Å². The first-order chi connectivity index (χ1) is 9.91. The molecule has 0 radical (unpaired) electrons. The molecule has 0 aromatic heterocycles. The van der Waals surface area contributed by atoms with Crippen LogP contribution in [0.3, 0.4) is 0 Å². The number of nitrogens with one attached hydrogen (secondary N) is 1. The van der Waals surface area contributed by atoms with Gasteiger partial charge in [-0.1, -0.05) is 19.8 Å². The predicted molar refractivity (Wildman–Crippen MR) is 87.4 cm³/mol. The zero-order valence-corrected chi connectivity index (χ0v) is 14.6. The summed E-state index contributed by atoms with van der Waals surface area (Å²) in [5, 5.41) is 3.37. The van der Waals surface area contributed by atoms with E-state index in [9.17, 15) is 4.79 Å². The third-order valence-corrected chi connectivity index (χ3v) is 4.58. The molecule has 1 aliphatic rings. The van der Waals surface area contributed by atoms with E-state index in [1.807, 2.05) is 6.92 Å². The van der Waals surface area contributed by atoms with Crippen LogP contribution < -0.4 is 5.32 Å². The van der Waals surface area contributed by atoms with Crippen LogP contribution in [0.4, 0.5) is 0 Å². The van der Waals surface area contributed by atoms with Crippen molar-refractivity contribution in [1.29, 1.82) is 0 Å². The van der Waals surface area contributed by atoms with Crippen LogP contribution in [0.25, 0.3) is 0 Å². The zero-order chi connectivity index (χ0) is 15.9. The van der Waals surface area contributed by atoms with Gasteiger partial charge in [-0.2, -0.15) is 0 Å². The van der Waals surface area contributed by atoms with Crippen LogP contribution in [0.2, 0.25) is 0 Å². The molecular weight excluding hydrogens is 264 g/mol. The fourth-order valence-electron chi connectivity index (χ4n) is 3.38. The Morgan fingerprint density at radius 1 is 1.38 bits per heavy atom. The van der Waals surface area contributed by atoms with Crippen LogP contribution in [0.15, 0.2) is 0 Å². The lowest BCUT2D eigenvalue weighted by molar-refractivity contribution is -0.148. The molecule has 0 spiro atoms. The van der Waals surface area contributed by atoms with Gasteiger partial charge in [0.05, 0.1) is 7.11 Å². The highest BCUT2D eigenvalue weighted by Gasteiger charge is 2.35. The number of ether oxygens (including phenoxy) is 1. The van der Waals surface area contributed by atoms with Gasteiger partial charge in [-0.3, -0.25) is 10.1 Å². The number of likely N-dealkylation sites (tertiary alicyclic amines) is 1. The number of esters is 1. The minimum Gasteiger partial charge on any atom is -0.468 e. The highest BCUT2D eigenvalue weighted by molar-refractivity contribution is 5.80. The van der Waals surface area contributed by atoms with Crippen LogP contribution in [-0.4, -0.2) is 49.2 Å². The Bertz CT molecular complexity index is 312. The van der Waals surface area contributed by atoms with Crippen LogP contribution >= 0.6 is 0 Å². The standard InChI is InChI=1S/C17H34N2O2/c1-6-7-15-8-11-19(12-9-15)13-10-17(4,16(20)21-5)18-14(2)3/h14-15,18H,6-13H2,1-5H3. The third-order valence-electron chi connectivity index (χ3n) is 4.58. The number of piperidine rings is 1. The van der Waals surface area contributed by atoms with Gasteiger partial charge in [0.1, 0.15) is 5.54 Å². The maximum atomic E-state index is 12.1. The Balaban J connectivity index is 2.45. The molecule has 1 N–H and O–H groups in total. The third kappa shape index (κ3) is 5.95. The van der Waals surface area contributed by atoms with Gasteiger partial charge in [0.25, 0.3) is 0 Å². The largest absolute Gasteiger partial charge is 0.468 e. The molecule has 1 saturated heterocycles. The molecule has 0 saturated carbocycles. The number of carbonyl (C=O) groups is 1. The van der Waals surface area contributed by atoms with Crippen molar-refractivity contribution in [3.8, 4) is 0 Å². The SMILES string of the molecule is CCCC1CCN(CCC(C)(NC(C)C)C(=O)OC)CC1. The normalized spacial score (nSPS) is 20.5. The molecule has 4 heteroatoms. The molecule has 1 unspecified atom stereocenters. The van der Waals surface area contributed by atoms with Gasteiger partial charge in [-0.25, -0.2) is 0 Å². The summed E-state index contributed by atoms with van der Waals surface area (Å²) in [7, 11) is 1.47. The molecule has 0 amide bonds. The van der Waals surface area contributed by atoms with Gasteiger partial charge in [-0.15, -0.1) is 0 Å². The minimum atomic E-state index is -0.580. The number of methoxy groups -OCH3 is 1. The summed E-state index contributed by atoms with van der Waals surface area (Å²) in [4.78, 5) is 14.6. The van der Waals surface area contributed by atoms with E-state index >= 15 is 0 Å².